The van der Waals surface area contributed by atoms with E-state index in [-0.39, 0.29) is 11.8 Å². The number of carbonyl (C=O) groups excluding carboxylic acids is 2. The summed E-state index contributed by atoms with van der Waals surface area (Å²) in [7, 11) is 0. The summed E-state index contributed by atoms with van der Waals surface area (Å²) in [4.78, 5) is 28.3. The standard InChI is InChI=1S/C23H19N3O3S/c1-15-20(9-12-30-15)21(27)24-18-6-4-16(5-7-18)22(28)26-14-19-3-2-10-25(19)13-17-8-11-29-23(17)26/h2-12H,13-14H2,1H3,(H,24,27). The summed E-state index contributed by atoms with van der Waals surface area (Å²) in [6.45, 7) is 3.02. The van der Waals surface area contributed by atoms with E-state index in [9.17, 15) is 9.59 Å². The molecule has 150 valence electrons. The van der Waals surface area contributed by atoms with Crippen LogP contribution in [0.4, 0.5) is 11.6 Å². The quantitative estimate of drug-likeness (QED) is 0.515. The maximum Gasteiger partial charge on any atom is 0.260 e. The van der Waals surface area contributed by atoms with E-state index in [0.29, 0.717) is 35.8 Å². The Balaban J connectivity index is 1.38. The van der Waals surface area contributed by atoms with Gasteiger partial charge in [-0.15, -0.1) is 11.3 Å². The smallest absolute Gasteiger partial charge is 0.260 e. The van der Waals surface area contributed by atoms with Gasteiger partial charge < -0.3 is 14.3 Å². The lowest BCUT2D eigenvalue weighted by Gasteiger charge is -2.19. The minimum absolute atomic E-state index is 0.146. The number of furan rings is 1. The van der Waals surface area contributed by atoms with Crippen molar-refractivity contribution in [2.75, 3.05) is 10.2 Å². The number of nitrogens with zero attached hydrogens (tertiary/aromatic N) is 2. The average molecular weight is 417 g/mol. The molecule has 1 aliphatic heterocycles. The van der Waals surface area contributed by atoms with Crippen LogP contribution in [-0.2, 0) is 13.1 Å². The van der Waals surface area contributed by atoms with Gasteiger partial charge >= 0.3 is 0 Å². The summed E-state index contributed by atoms with van der Waals surface area (Å²) in [6, 6.07) is 14.6. The number of aromatic nitrogens is 1. The van der Waals surface area contributed by atoms with Crippen LogP contribution < -0.4 is 10.2 Å². The topological polar surface area (TPSA) is 67.5 Å². The zero-order chi connectivity index (χ0) is 20.7. The van der Waals surface area contributed by atoms with Crippen molar-refractivity contribution in [1.29, 1.82) is 0 Å². The maximum absolute atomic E-state index is 13.3. The Morgan fingerprint density at radius 3 is 2.67 bits per heavy atom. The number of hydrogen-bond donors (Lipinski definition) is 1. The molecule has 6 nitrogen and oxygen atoms in total. The second-order valence-electron chi connectivity index (χ2n) is 7.19. The van der Waals surface area contributed by atoms with E-state index < -0.39 is 0 Å². The van der Waals surface area contributed by atoms with Crippen LogP contribution in [0.15, 0.2) is 70.8 Å². The van der Waals surface area contributed by atoms with E-state index in [4.69, 9.17) is 4.42 Å². The molecule has 1 N–H and O–H groups in total. The van der Waals surface area contributed by atoms with Gasteiger partial charge in [-0.1, -0.05) is 0 Å². The van der Waals surface area contributed by atoms with Gasteiger partial charge in [-0.3, -0.25) is 14.5 Å². The summed E-state index contributed by atoms with van der Waals surface area (Å²) in [6.07, 6.45) is 3.62. The number of benzene rings is 1. The molecule has 0 unspecified atom stereocenters. The first-order valence-electron chi connectivity index (χ1n) is 9.58. The fraction of sp³-hybridized carbons (Fsp3) is 0.130. The highest BCUT2D eigenvalue weighted by molar-refractivity contribution is 7.10. The molecule has 30 heavy (non-hydrogen) atoms. The van der Waals surface area contributed by atoms with Crippen molar-refractivity contribution in [3.05, 3.63) is 93.6 Å². The first kappa shape index (κ1) is 18.4. The third kappa shape index (κ3) is 3.23. The van der Waals surface area contributed by atoms with Crippen molar-refractivity contribution in [2.24, 2.45) is 0 Å². The normalized spacial score (nSPS) is 12.8. The molecule has 4 heterocycles. The van der Waals surface area contributed by atoms with E-state index in [1.807, 2.05) is 42.8 Å². The molecule has 0 atom stereocenters. The summed E-state index contributed by atoms with van der Waals surface area (Å²) in [5.74, 6) is 0.280. The van der Waals surface area contributed by atoms with E-state index in [1.165, 1.54) is 11.3 Å². The number of anilines is 2. The Labute approximate surface area is 177 Å². The predicted molar refractivity (Wildman–Crippen MR) is 116 cm³/mol. The van der Waals surface area contributed by atoms with Gasteiger partial charge in [-0.2, -0.15) is 0 Å². The molecule has 1 aromatic carbocycles. The summed E-state index contributed by atoms with van der Waals surface area (Å²) in [5, 5.41) is 4.78. The fourth-order valence-corrected chi connectivity index (χ4v) is 4.38. The van der Waals surface area contributed by atoms with Gasteiger partial charge in [-0.25, -0.2) is 0 Å². The number of carbonyl (C=O) groups is 2. The van der Waals surface area contributed by atoms with Crippen LogP contribution in [0, 0.1) is 6.92 Å². The summed E-state index contributed by atoms with van der Waals surface area (Å²) < 4.78 is 7.77. The molecule has 5 rings (SSSR count). The molecule has 0 saturated heterocycles. The van der Waals surface area contributed by atoms with E-state index >= 15 is 0 Å². The third-order valence-electron chi connectivity index (χ3n) is 5.29. The van der Waals surface area contributed by atoms with Gasteiger partial charge in [0.1, 0.15) is 0 Å². The summed E-state index contributed by atoms with van der Waals surface area (Å²) in [5.41, 5.74) is 3.85. The monoisotopic (exact) mass is 417 g/mol. The highest BCUT2D eigenvalue weighted by atomic mass is 32.1. The lowest BCUT2D eigenvalue weighted by molar-refractivity contribution is 0.0979. The van der Waals surface area contributed by atoms with Crippen molar-refractivity contribution in [3.8, 4) is 0 Å². The fourth-order valence-electron chi connectivity index (χ4n) is 3.68. The van der Waals surface area contributed by atoms with Crippen LogP contribution in [0.3, 0.4) is 0 Å². The predicted octanol–water partition coefficient (Wildman–Crippen LogP) is 4.91. The van der Waals surface area contributed by atoms with E-state index in [0.717, 1.165) is 16.1 Å². The average Bonchev–Trinajstić information content (AvgIpc) is 3.47. The van der Waals surface area contributed by atoms with Crippen molar-refractivity contribution in [2.45, 2.75) is 20.0 Å². The van der Waals surface area contributed by atoms with Crippen molar-refractivity contribution < 1.29 is 14.0 Å². The van der Waals surface area contributed by atoms with Gasteiger partial charge in [0.05, 0.1) is 24.9 Å². The van der Waals surface area contributed by atoms with E-state index in [2.05, 4.69) is 9.88 Å². The number of aryl methyl sites for hydroxylation is 1. The highest BCUT2D eigenvalue weighted by Crippen LogP contribution is 2.30. The first-order chi connectivity index (χ1) is 14.6. The van der Waals surface area contributed by atoms with Gasteiger partial charge in [-0.05, 0) is 60.8 Å². The molecule has 7 heteroatoms. The zero-order valence-corrected chi connectivity index (χ0v) is 17.1. The second kappa shape index (κ2) is 7.35. The Kier molecular flexibility index (Phi) is 4.52. The number of hydrogen-bond acceptors (Lipinski definition) is 4. The molecule has 0 saturated carbocycles. The second-order valence-corrected chi connectivity index (χ2v) is 8.31. The Bertz CT molecular complexity index is 1230. The van der Waals surface area contributed by atoms with Crippen molar-refractivity contribution in [3.63, 3.8) is 0 Å². The first-order valence-corrected chi connectivity index (χ1v) is 10.5. The SMILES string of the molecule is Cc1sccc1C(=O)Nc1ccc(C(=O)N2Cc3cccn3Cc3ccoc32)cc1. The number of thiophene rings is 1. The van der Waals surface area contributed by atoms with Gasteiger partial charge in [0.15, 0.2) is 0 Å². The molecule has 0 aliphatic carbocycles. The molecule has 4 aromatic rings. The van der Waals surface area contributed by atoms with Crippen LogP contribution in [0.1, 0.15) is 36.9 Å². The number of fused-ring (bicyclic) bond motifs is 2. The van der Waals surface area contributed by atoms with Gasteiger partial charge in [0, 0.05) is 33.6 Å². The largest absolute Gasteiger partial charge is 0.448 e. The number of nitrogens with one attached hydrogen (secondary N) is 1. The van der Waals surface area contributed by atoms with Crippen LogP contribution in [-0.4, -0.2) is 16.4 Å². The molecule has 0 radical (unpaired) electrons. The molecule has 0 fully saturated rings. The zero-order valence-electron chi connectivity index (χ0n) is 16.3. The number of amides is 2. The highest BCUT2D eigenvalue weighted by Gasteiger charge is 2.27. The van der Waals surface area contributed by atoms with Crippen LogP contribution >= 0.6 is 11.3 Å². The Morgan fingerprint density at radius 1 is 1.07 bits per heavy atom. The van der Waals surface area contributed by atoms with Crippen LogP contribution in [0.2, 0.25) is 0 Å². The van der Waals surface area contributed by atoms with Crippen molar-refractivity contribution >= 4 is 34.7 Å². The minimum atomic E-state index is -0.152. The van der Waals surface area contributed by atoms with E-state index in [1.54, 1.807) is 35.4 Å². The molecule has 2 amide bonds. The minimum Gasteiger partial charge on any atom is -0.448 e. The summed E-state index contributed by atoms with van der Waals surface area (Å²) >= 11 is 1.54. The molecular weight excluding hydrogens is 398 g/mol. The van der Waals surface area contributed by atoms with Crippen molar-refractivity contribution in [1.82, 2.24) is 4.57 Å². The van der Waals surface area contributed by atoms with Crippen LogP contribution in [0.5, 0.6) is 0 Å². The lowest BCUT2D eigenvalue weighted by Crippen LogP contribution is -2.30. The Hall–Kier alpha value is -3.58. The molecule has 0 bridgehead atoms. The lowest BCUT2D eigenvalue weighted by atomic mass is 10.1. The Morgan fingerprint density at radius 2 is 1.90 bits per heavy atom. The maximum atomic E-state index is 13.3. The molecular formula is C23H19N3O3S. The number of rotatable bonds is 3. The van der Waals surface area contributed by atoms with Crippen LogP contribution in [0.25, 0.3) is 0 Å². The molecule has 1 aliphatic rings. The third-order valence-corrected chi connectivity index (χ3v) is 6.14. The van der Waals surface area contributed by atoms with Gasteiger partial charge in [0.2, 0.25) is 5.88 Å². The molecule has 0 spiro atoms. The molecule has 3 aromatic heterocycles. The van der Waals surface area contributed by atoms with Gasteiger partial charge in [0.25, 0.3) is 11.8 Å².